The molecule has 0 aliphatic rings. The van der Waals surface area contributed by atoms with Crippen LogP contribution in [0.3, 0.4) is 0 Å². The molecule has 27 heavy (non-hydrogen) atoms. The predicted octanol–water partition coefficient (Wildman–Crippen LogP) is 3.89. The number of amides is 1. The molecule has 1 amide bonds. The molecule has 0 fully saturated rings. The second-order valence-electron chi connectivity index (χ2n) is 5.70. The Balaban J connectivity index is 1.52. The van der Waals surface area contributed by atoms with Crippen LogP contribution in [0.4, 0.5) is 5.69 Å². The minimum atomic E-state index is -0.423. The van der Waals surface area contributed by atoms with E-state index in [1.807, 2.05) is 0 Å². The number of hydrogen-bond donors (Lipinski definition) is 1. The quantitative estimate of drug-likeness (QED) is 0.511. The van der Waals surface area contributed by atoms with E-state index in [0.717, 1.165) is 5.56 Å². The van der Waals surface area contributed by atoms with Crippen molar-refractivity contribution in [3.05, 3.63) is 59.4 Å². The highest BCUT2D eigenvalue weighted by atomic mass is 35.5. The summed E-state index contributed by atoms with van der Waals surface area (Å²) >= 11 is 5.85. The van der Waals surface area contributed by atoms with Crippen LogP contribution in [-0.2, 0) is 16.0 Å². The first-order chi connectivity index (χ1) is 13.0. The number of nitrogens with one attached hydrogen (secondary N) is 1. The topological polar surface area (TPSA) is 94.3 Å². The third-order valence-electron chi connectivity index (χ3n) is 3.52. The summed E-state index contributed by atoms with van der Waals surface area (Å²) in [6.07, 6.45) is 0.360. The van der Waals surface area contributed by atoms with Crippen molar-refractivity contribution in [2.45, 2.75) is 19.8 Å². The Labute approximate surface area is 160 Å². The summed E-state index contributed by atoms with van der Waals surface area (Å²) in [4.78, 5) is 27.2. The van der Waals surface area contributed by atoms with E-state index in [1.54, 1.807) is 48.5 Å². The first-order valence-electron chi connectivity index (χ1n) is 8.16. The van der Waals surface area contributed by atoms with E-state index in [1.165, 1.54) is 6.92 Å². The molecule has 138 valence electrons. The van der Waals surface area contributed by atoms with Gasteiger partial charge in [0.15, 0.2) is 0 Å². The minimum absolute atomic E-state index is 0.0930. The SMILES string of the molecule is CC(=O)Nc1ccc(OC(=O)CCc2nc(-c3ccc(Cl)cc3)no2)cc1. The number of esters is 1. The van der Waals surface area contributed by atoms with Crippen molar-refractivity contribution in [2.75, 3.05) is 5.32 Å². The predicted molar refractivity (Wildman–Crippen MR) is 99.4 cm³/mol. The van der Waals surface area contributed by atoms with Gasteiger partial charge in [-0.15, -0.1) is 0 Å². The van der Waals surface area contributed by atoms with Gasteiger partial charge in [0.25, 0.3) is 0 Å². The van der Waals surface area contributed by atoms with Gasteiger partial charge in [-0.05, 0) is 48.5 Å². The van der Waals surface area contributed by atoms with Crippen molar-refractivity contribution in [3.63, 3.8) is 0 Å². The maximum absolute atomic E-state index is 12.0. The maximum Gasteiger partial charge on any atom is 0.311 e. The summed E-state index contributed by atoms with van der Waals surface area (Å²) in [6, 6.07) is 13.6. The molecule has 2 aromatic carbocycles. The Morgan fingerprint density at radius 3 is 2.48 bits per heavy atom. The number of aromatic nitrogens is 2. The van der Waals surface area contributed by atoms with Crippen molar-refractivity contribution >= 4 is 29.2 Å². The number of halogens is 1. The third-order valence-corrected chi connectivity index (χ3v) is 3.77. The number of carbonyl (C=O) groups is 2. The van der Waals surface area contributed by atoms with Crippen molar-refractivity contribution in [1.29, 1.82) is 0 Å². The fraction of sp³-hybridized carbons (Fsp3) is 0.158. The fourth-order valence-electron chi connectivity index (χ4n) is 2.27. The Morgan fingerprint density at radius 2 is 1.81 bits per heavy atom. The van der Waals surface area contributed by atoms with Gasteiger partial charge in [0.1, 0.15) is 5.75 Å². The molecule has 3 rings (SSSR count). The number of aryl methyl sites for hydroxylation is 1. The van der Waals surface area contributed by atoms with Crippen LogP contribution in [0, 0.1) is 0 Å². The lowest BCUT2D eigenvalue weighted by Crippen LogP contribution is -2.09. The molecule has 0 saturated heterocycles. The Kier molecular flexibility index (Phi) is 5.83. The van der Waals surface area contributed by atoms with Gasteiger partial charge in [-0.25, -0.2) is 0 Å². The number of rotatable bonds is 6. The first-order valence-corrected chi connectivity index (χ1v) is 8.54. The number of anilines is 1. The highest BCUT2D eigenvalue weighted by molar-refractivity contribution is 6.30. The molecule has 0 radical (unpaired) electrons. The molecule has 0 spiro atoms. The van der Waals surface area contributed by atoms with Crippen LogP contribution in [0.1, 0.15) is 19.2 Å². The smallest absolute Gasteiger partial charge is 0.311 e. The first kappa shape index (κ1) is 18.6. The lowest BCUT2D eigenvalue weighted by atomic mass is 10.2. The van der Waals surface area contributed by atoms with Crippen molar-refractivity contribution < 1.29 is 18.8 Å². The average molecular weight is 386 g/mol. The lowest BCUT2D eigenvalue weighted by molar-refractivity contribution is -0.134. The molecule has 7 nitrogen and oxygen atoms in total. The monoisotopic (exact) mass is 385 g/mol. The van der Waals surface area contributed by atoms with Crippen molar-refractivity contribution in [3.8, 4) is 17.1 Å². The Bertz CT molecular complexity index is 936. The number of benzene rings is 2. The number of nitrogens with zero attached hydrogens (tertiary/aromatic N) is 2. The van der Waals surface area contributed by atoms with E-state index in [4.69, 9.17) is 20.9 Å². The second kappa shape index (κ2) is 8.46. The van der Waals surface area contributed by atoms with Gasteiger partial charge in [-0.1, -0.05) is 16.8 Å². The van der Waals surface area contributed by atoms with Crippen LogP contribution in [0.15, 0.2) is 53.1 Å². The van der Waals surface area contributed by atoms with Crippen molar-refractivity contribution in [2.24, 2.45) is 0 Å². The standard InChI is InChI=1S/C19H16ClN3O4/c1-12(24)21-15-6-8-16(9-7-15)26-18(25)11-10-17-22-19(23-27-17)13-2-4-14(20)5-3-13/h2-9H,10-11H2,1H3,(H,21,24). The van der Waals surface area contributed by atoms with E-state index in [-0.39, 0.29) is 18.7 Å². The fourth-order valence-corrected chi connectivity index (χ4v) is 2.40. The molecule has 1 N–H and O–H groups in total. The second-order valence-corrected chi connectivity index (χ2v) is 6.13. The van der Waals surface area contributed by atoms with Gasteiger partial charge in [0.2, 0.25) is 17.6 Å². The molecule has 1 heterocycles. The van der Waals surface area contributed by atoms with Gasteiger partial charge in [0, 0.05) is 29.6 Å². The Morgan fingerprint density at radius 1 is 1.11 bits per heavy atom. The molecule has 0 unspecified atom stereocenters. The summed E-state index contributed by atoms with van der Waals surface area (Å²) in [5, 5.41) is 7.15. The molecule has 0 aliphatic heterocycles. The van der Waals surface area contributed by atoms with Gasteiger partial charge >= 0.3 is 5.97 Å². The highest BCUT2D eigenvalue weighted by Crippen LogP contribution is 2.19. The largest absolute Gasteiger partial charge is 0.427 e. The van der Waals surface area contributed by atoms with Gasteiger partial charge in [-0.2, -0.15) is 4.98 Å². The summed E-state index contributed by atoms with van der Waals surface area (Å²) in [6.45, 7) is 1.42. The molecule has 8 heteroatoms. The highest BCUT2D eigenvalue weighted by Gasteiger charge is 2.12. The van der Waals surface area contributed by atoms with Crippen LogP contribution in [0.5, 0.6) is 5.75 Å². The summed E-state index contributed by atoms with van der Waals surface area (Å²) in [5.41, 5.74) is 1.40. The van der Waals surface area contributed by atoms with Gasteiger partial charge in [0.05, 0.1) is 6.42 Å². The van der Waals surface area contributed by atoms with Crippen LogP contribution in [0.2, 0.25) is 5.02 Å². The molecule has 0 bridgehead atoms. The number of hydrogen-bond acceptors (Lipinski definition) is 6. The molecular weight excluding hydrogens is 370 g/mol. The summed E-state index contributed by atoms with van der Waals surface area (Å²) < 4.78 is 10.4. The van der Waals surface area contributed by atoms with E-state index >= 15 is 0 Å². The zero-order valence-electron chi connectivity index (χ0n) is 14.4. The third kappa shape index (κ3) is 5.39. The molecule has 3 aromatic rings. The molecule has 0 saturated carbocycles. The zero-order valence-corrected chi connectivity index (χ0v) is 15.2. The number of ether oxygens (including phenoxy) is 1. The van der Waals surface area contributed by atoms with E-state index in [9.17, 15) is 9.59 Å². The molecular formula is C19H16ClN3O4. The van der Waals surface area contributed by atoms with Gasteiger partial charge in [-0.3, -0.25) is 9.59 Å². The Hall–Kier alpha value is -3.19. The summed E-state index contributed by atoms with van der Waals surface area (Å²) in [5.74, 6) is 0.578. The van der Waals surface area contributed by atoms with Crippen LogP contribution in [-0.4, -0.2) is 22.0 Å². The van der Waals surface area contributed by atoms with E-state index in [0.29, 0.717) is 28.2 Å². The van der Waals surface area contributed by atoms with Crippen molar-refractivity contribution in [1.82, 2.24) is 10.1 Å². The lowest BCUT2D eigenvalue weighted by Gasteiger charge is -2.05. The molecule has 0 atom stereocenters. The molecule has 1 aromatic heterocycles. The molecule has 0 aliphatic carbocycles. The maximum atomic E-state index is 12.0. The van der Waals surface area contributed by atoms with Gasteiger partial charge < -0.3 is 14.6 Å². The zero-order chi connectivity index (χ0) is 19.2. The van der Waals surface area contributed by atoms with Crippen LogP contribution < -0.4 is 10.1 Å². The summed E-state index contributed by atoms with van der Waals surface area (Å²) in [7, 11) is 0. The normalized spacial score (nSPS) is 10.4. The number of carbonyl (C=O) groups excluding carboxylic acids is 2. The van der Waals surface area contributed by atoms with E-state index < -0.39 is 5.97 Å². The minimum Gasteiger partial charge on any atom is -0.427 e. The van der Waals surface area contributed by atoms with E-state index in [2.05, 4.69) is 15.5 Å². The van der Waals surface area contributed by atoms with Crippen LogP contribution >= 0.6 is 11.6 Å². The van der Waals surface area contributed by atoms with Crippen LogP contribution in [0.25, 0.3) is 11.4 Å². The average Bonchev–Trinajstić information content (AvgIpc) is 3.11.